The largest absolute Gasteiger partial charge is 0.465 e. The van der Waals surface area contributed by atoms with E-state index in [1.54, 1.807) is 15.9 Å². The van der Waals surface area contributed by atoms with E-state index in [4.69, 9.17) is 9.47 Å². The van der Waals surface area contributed by atoms with Gasteiger partial charge < -0.3 is 24.4 Å². The van der Waals surface area contributed by atoms with E-state index >= 15 is 0 Å². The number of carbonyl (C=O) groups excluding carboxylic acids is 3. The first-order valence-corrected chi connectivity index (χ1v) is 14.3. The summed E-state index contributed by atoms with van der Waals surface area (Å²) in [6, 6.07) is 8.92. The molecule has 1 N–H and O–H groups in total. The molecule has 39 heavy (non-hydrogen) atoms. The summed E-state index contributed by atoms with van der Waals surface area (Å²) in [6.45, 7) is 9.03. The van der Waals surface area contributed by atoms with Gasteiger partial charge in [-0.3, -0.25) is 14.4 Å². The van der Waals surface area contributed by atoms with Gasteiger partial charge in [0.05, 0.1) is 24.5 Å². The number of aliphatic hydroxyl groups excluding tert-OH is 1. The van der Waals surface area contributed by atoms with E-state index in [-0.39, 0.29) is 18.4 Å². The highest BCUT2D eigenvalue weighted by atomic mass is 16.6. The van der Waals surface area contributed by atoms with Crippen LogP contribution in [0.4, 0.5) is 0 Å². The van der Waals surface area contributed by atoms with E-state index in [1.807, 2.05) is 36.4 Å². The zero-order chi connectivity index (χ0) is 27.8. The Morgan fingerprint density at radius 1 is 1.13 bits per heavy atom. The average Bonchev–Trinajstić information content (AvgIpc) is 3.58. The Hall–Kier alpha value is -2.97. The second kappa shape index (κ2) is 13.4. The number of rotatable bonds is 16. The van der Waals surface area contributed by atoms with E-state index in [1.165, 1.54) is 0 Å². The maximum Gasteiger partial charge on any atom is 0.312 e. The predicted octanol–water partition coefficient (Wildman–Crippen LogP) is 3.64. The summed E-state index contributed by atoms with van der Waals surface area (Å²) in [5.74, 6) is -2.22. The first-order valence-electron chi connectivity index (χ1n) is 14.3. The molecular formula is C31H42N2O6. The fourth-order valence-corrected chi connectivity index (χ4v) is 6.54. The van der Waals surface area contributed by atoms with E-state index in [2.05, 4.69) is 13.2 Å². The van der Waals surface area contributed by atoms with E-state index in [9.17, 15) is 19.5 Å². The third-order valence-electron chi connectivity index (χ3n) is 8.29. The number of likely N-dealkylation sites (tertiary alicyclic amines) is 1. The standard InChI is InChI=1S/C31H42N2O6/c1-3-5-6-13-21-38-30(37)25-24-16-17-31(39-24)26(25)28(35)33(19-11-8-12-20-34)27(31)29(36)32(18-4-2)22-23-14-9-7-10-15-23/h3-4,7,9-10,14-15,24-27,34H,1-2,5-6,8,11-13,16-22H2/t24-,25+,26+,27?,31?/m1/s1. The van der Waals surface area contributed by atoms with Crippen molar-refractivity contribution in [3.05, 3.63) is 61.2 Å². The van der Waals surface area contributed by atoms with Gasteiger partial charge in [0, 0.05) is 26.2 Å². The summed E-state index contributed by atoms with van der Waals surface area (Å²) < 4.78 is 12.1. The zero-order valence-corrected chi connectivity index (χ0v) is 22.8. The first-order chi connectivity index (χ1) is 19.0. The molecule has 3 fully saturated rings. The number of hydrogen-bond acceptors (Lipinski definition) is 6. The van der Waals surface area contributed by atoms with Crippen molar-refractivity contribution in [2.45, 2.75) is 75.7 Å². The zero-order valence-electron chi connectivity index (χ0n) is 22.8. The number of hydrogen-bond donors (Lipinski definition) is 1. The van der Waals surface area contributed by atoms with Crippen LogP contribution in [0.15, 0.2) is 55.6 Å². The molecular weight excluding hydrogens is 496 g/mol. The maximum atomic E-state index is 14.3. The van der Waals surface area contributed by atoms with Crippen molar-refractivity contribution in [1.29, 1.82) is 0 Å². The lowest BCUT2D eigenvalue weighted by molar-refractivity contribution is -0.155. The van der Waals surface area contributed by atoms with Crippen LogP contribution >= 0.6 is 0 Å². The van der Waals surface area contributed by atoms with Crippen molar-refractivity contribution < 1.29 is 29.0 Å². The third-order valence-corrected chi connectivity index (χ3v) is 8.29. The number of ether oxygens (including phenoxy) is 2. The van der Waals surface area contributed by atoms with E-state index < -0.39 is 35.6 Å². The number of aliphatic hydroxyl groups is 1. The van der Waals surface area contributed by atoms with Gasteiger partial charge in [-0.1, -0.05) is 42.5 Å². The van der Waals surface area contributed by atoms with Crippen molar-refractivity contribution in [3.8, 4) is 0 Å². The second-order valence-corrected chi connectivity index (χ2v) is 10.8. The van der Waals surface area contributed by atoms with Gasteiger partial charge in [-0.05, 0) is 56.9 Å². The van der Waals surface area contributed by atoms with Gasteiger partial charge in [-0.2, -0.15) is 0 Å². The molecule has 0 radical (unpaired) electrons. The van der Waals surface area contributed by atoms with Crippen LogP contribution < -0.4 is 0 Å². The van der Waals surface area contributed by atoms with Gasteiger partial charge in [-0.25, -0.2) is 0 Å². The van der Waals surface area contributed by atoms with Crippen LogP contribution in [0, 0.1) is 11.8 Å². The van der Waals surface area contributed by atoms with Crippen molar-refractivity contribution in [2.75, 3.05) is 26.3 Å². The Balaban J connectivity index is 1.59. The fourth-order valence-electron chi connectivity index (χ4n) is 6.54. The first kappa shape index (κ1) is 29.0. The molecule has 0 saturated carbocycles. The smallest absolute Gasteiger partial charge is 0.312 e. The topological polar surface area (TPSA) is 96.4 Å². The lowest BCUT2D eigenvalue weighted by Crippen LogP contribution is -2.56. The highest BCUT2D eigenvalue weighted by Gasteiger charge is 2.75. The molecule has 0 aliphatic carbocycles. The van der Waals surface area contributed by atoms with Gasteiger partial charge in [0.2, 0.25) is 11.8 Å². The van der Waals surface area contributed by atoms with Crippen LogP contribution in [0.3, 0.4) is 0 Å². The molecule has 3 saturated heterocycles. The molecule has 1 aromatic rings. The molecule has 2 unspecified atom stereocenters. The van der Waals surface area contributed by atoms with Crippen molar-refractivity contribution in [3.63, 3.8) is 0 Å². The molecule has 4 rings (SSSR count). The van der Waals surface area contributed by atoms with Crippen LogP contribution in [-0.4, -0.2) is 76.7 Å². The molecule has 212 valence electrons. The minimum atomic E-state index is -1.04. The molecule has 8 nitrogen and oxygen atoms in total. The average molecular weight is 539 g/mol. The number of fused-ring (bicyclic) bond motifs is 1. The monoisotopic (exact) mass is 538 g/mol. The molecule has 3 aliphatic heterocycles. The van der Waals surface area contributed by atoms with Crippen molar-refractivity contribution in [1.82, 2.24) is 9.80 Å². The number of unbranched alkanes of at least 4 members (excludes halogenated alkanes) is 4. The van der Waals surface area contributed by atoms with E-state index in [0.717, 1.165) is 31.2 Å². The minimum Gasteiger partial charge on any atom is -0.465 e. The summed E-state index contributed by atoms with van der Waals surface area (Å²) in [5.41, 5.74) is -0.0616. The van der Waals surface area contributed by atoms with Gasteiger partial charge in [-0.15, -0.1) is 13.2 Å². The van der Waals surface area contributed by atoms with Crippen molar-refractivity contribution in [2.24, 2.45) is 11.8 Å². The molecule has 3 aliphatic rings. The van der Waals surface area contributed by atoms with Crippen LogP contribution in [0.25, 0.3) is 0 Å². The lowest BCUT2D eigenvalue weighted by Gasteiger charge is -2.37. The minimum absolute atomic E-state index is 0.0819. The number of nitrogens with zero attached hydrogens (tertiary/aromatic N) is 2. The lowest BCUT2D eigenvalue weighted by atomic mass is 9.70. The van der Waals surface area contributed by atoms with Crippen LogP contribution in [0.5, 0.6) is 0 Å². The molecule has 8 heteroatoms. The Labute approximate surface area is 231 Å². The van der Waals surface area contributed by atoms with Gasteiger partial charge in [0.1, 0.15) is 11.6 Å². The highest BCUT2D eigenvalue weighted by Crippen LogP contribution is 2.58. The second-order valence-electron chi connectivity index (χ2n) is 10.8. The Morgan fingerprint density at radius 3 is 2.64 bits per heavy atom. The molecule has 1 aromatic carbocycles. The van der Waals surface area contributed by atoms with Crippen LogP contribution in [-0.2, 0) is 30.4 Å². The Bertz CT molecular complexity index is 1030. The maximum absolute atomic E-state index is 14.3. The summed E-state index contributed by atoms with van der Waals surface area (Å²) >= 11 is 0. The number of amides is 2. The van der Waals surface area contributed by atoms with Gasteiger partial charge >= 0.3 is 5.97 Å². The van der Waals surface area contributed by atoms with Gasteiger partial charge in [0.15, 0.2) is 0 Å². The van der Waals surface area contributed by atoms with E-state index in [0.29, 0.717) is 51.9 Å². The molecule has 5 atom stereocenters. The normalized spacial score (nSPS) is 26.9. The summed E-state index contributed by atoms with van der Waals surface area (Å²) in [7, 11) is 0. The highest BCUT2D eigenvalue weighted by molar-refractivity contribution is 5.98. The molecule has 2 bridgehead atoms. The Morgan fingerprint density at radius 2 is 1.92 bits per heavy atom. The third kappa shape index (κ3) is 5.97. The number of benzene rings is 1. The number of allylic oxidation sites excluding steroid dienone is 1. The molecule has 2 amide bonds. The number of carbonyl (C=O) groups is 3. The predicted molar refractivity (Wildman–Crippen MR) is 147 cm³/mol. The van der Waals surface area contributed by atoms with Crippen LogP contribution in [0.2, 0.25) is 0 Å². The summed E-state index contributed by atoms with van der Waals surface area (Å²) in [4.78, 5) is 45.0. The number of esters is 1. The quantitative estimate of drug-likeness (QED) is 0.196. The fraction of sp³-hybridized carbons (Fsp3) is 0.581. The molecule has 1 spiro atoms. The van der Waals surface area contributed by atoms with Crippen LogP contribution in [0.1, 0.15) is 56.9 Å². The Kier molecular flexibility index (Phi) is 9.97. The SMILES string of the molecule is C=CCCCCOC(=O)[C@@H]1[C@H]2C(=O)N(CCCCCO)C(C(=O)N(CC=C)Cc3ccccc3)C23CC[C@H]1O3. The molecule has 0 aromatic heterocycles. The summed E-state index contributed by atoms with van der Waals surface area (Å²) in [5, 5.41) is 9.23. The van der Waals surface area contributed by atoms with Gasteiger partial charge in [0.25, 0.3) is 0 Å². The summed E-state index contributed by atoms with van der Waals surface area (Å²) in [6.07, 6.45) is 8.76. The molecule has 3 heterocycles. The van der Waals surface area contributed by atoms with Crippen molar-refractivity contribution >= 4 is 17.8 Å².